The quantitative estimate of drug-likeness (QED) is 0.792. The zero-order valence-electron chi connectivity index (χ0n) is 16.3. The summed E-state index contributed by atoms with van der Waals surface area (Å²) in [5, 5.41) is 0. The monoisotopic (exact) mass is 372 g/mol. The molecule has 5 heteroatoms. The number of halogens is 2. The molecule has 1 atom stereocenters. The number of piperazine rings is 1. The van der Waals surface area contributed by atoms with Crippen LogP contribution in [0, 0.1) is 11.6 Å². The van der Waals surface area contributed by atoms with Crippen molar-refractivity contribution in [3.63, 3.8) is 0 Å². The van der Waals surface area contributed by atoms with Crippen LogP contribution < -0.4 is 4.90 Å². The van der Waals surface area contributed by atoms with Crippen molar-refractivity contribution in [1.82, 2.24) is 4.90 Å². The lowest BCUT2D eigenvalue weighted by Gasteiger charge is -2.39. The number of hydrogen-bond donors (Lipinski definition) is 0. The number of hydrogen-bond acceptors (Lipinski definition) is 2. The van der Waals surface area contributed by atoms with E-state index in [9.17, 15) is 13.6 Å². The van der Waals surface area contributed by atoms with Crippen molar-refractivity contribution in [1.29, 1.82) is 0 Å². The lowest BCUT2D eigenvalue weighted by molar-refractivity contribution is -0.125. The number of benzene rings is 2. The Bertz CT molecular complexity index is 827. The number of nitrogens with zero attached hydrogens (tertiary/aromatic N) is 2. The molecule has 0 radical (unpaired) electrons. The molecule has 3 nitrogen and oxygen atoms in total. The summed E-state index contributed by atoms with van der Waals surface area (Å²) in [6.45, 7) is 9.76. The Morgan fingerprint density at radius 3 is 2.30 bits per heavy atom. The molecule has 3 rings (SSSR count). The number of rotatable bonds is 3. The first-order valence-corrected chi connectivity index (χ1v) is 9.27. The minimum Gasteiger partial charge on any atom is -0.310 e. The van der Waals surface area contributed by atoms with E-state index in [-0.39, 0.29) is 23.9 Å². The lowest BCUT2D eigenvalue weighted by atomic mass is 9.87. The van der Waals surface area contributed by atoms with Gasteiger partial charge in [-0.05, 0) is 36.1 Å². The van der Waals surface area contributed by atoms with E-state index in [1.165, 1.54) is 17.7 Å². The molecule has 0 N–H and O–H groups in total. The van der Waals surface area contributed by atoms with Crippen molar-refractivity contribution in [2.24, 2.45) is 0 Å². The van der Waals surface area contributed by atoms with Crippen LogP contribution in [-0.4, -0.2) is 29.9 Å². The van der Waals surface area contributed by atoms with Gasteiger partial charge in [-0.15, -0.1) is 0 Å². The first-order valence-electron chi connectivity index (χ1n) is 9.27. The standard InChI is InChI=1S/C22H26F2N2O/c1-15-21(27)26(19-9-6-17(7-10-19)22(2,3)4)12-11-25(15)14-16-5-8-18(23)13-20(16)24/h5-10,13,15H,11-12,14H2,1-4H3/t15-/m1/s1. The van der Waals surface area contributed by atoms with Crippen LogP contribution in [0.1, 0.15) is 38.8 Å². The average Bonchev–Trinajstić information content (AvgIpc) is 2.60. The largest absolute Gasteiger partial charge is 0.310 e. The SMILES string of the molecule is C[C@@H]1C(=O)N(c2ccc(C(C)(C)C)cc2)CCN1Cc1ccc(F)cc1F. The third-order valence-electron chi connectivity index (χ3n) is 5.22. The summed E-state index contributed by atoms with van der Waals surface area (Å²) >= 11 is 0. The van der Waals surface area contributed by atoms with Crippen molar-refractivity contribution < 1.29 is 13.6 Å². The van der Waals surface area contributed by atoms with Gasteiger partial charge in [-0.3, -0.25) is 9.69 Å². The normalized spacial score (nSPS) is 18.8. The summed E-state index contributed by atoms with van der Waals surface area (Å²) in [4.78, 5) is 16.6. The van der Waals surface area contributed by atoms with E-state index in [1.54, 1.807) is 4.90 Å². The smallest absolute Gasteiger partial charge is 0.244 e. The summed E-state index contributed by atoms with van der Waals surface area (Å²) in [6, 6.07) is 11.3. The van der Waals surface area contributed by atoms with Gasteiger partial charge in [0.25, 0.3) is 0 Å². The molecule has 1 amide bonds. The number of carbonyl (C=O) groups is 1. The summed E-state index contributed by atoms with van der Waals surface area (Å²) in [6.07, 6.45) is 0. The van der Waals surface area contributed by atoms with Crippen molar-refractivity contribution in [2.45, 2.75) is 45.7 Å². The zero-order chi connectivity index (χ0) is 19.8. The highest BCUT2D eigenvalue weighted by atomic mass is 19.1. The second kappa shape index (κ2) is 7.39. The Kier molecular flexibility index (Phi) is 5.33. The molecule has 1 fully saturated rings. The maximum absolute atomic E-state index is 13.9. The molecule has 1 heterocycles. The highest BCUT2D eigenvalue weighted by Crippen LogP contribution is 2.27. The zero-order valence-corrected chi connectivity index (χ0v) is 16.3. The van der Waals surface area contributed by atoms with Gasteiger partial charge in [0.15, 0.2) is 0 Å². The topological polar surface area (TPSA) is 23.6 Å². The highest BCUT2D eigenvalue weighted by molar-refractivity contribution is 5.97. The highest BCUT2D eigenvalue weighted by Gasteiger charge is 2.32. The third kappa shape index (κ3) is 4.19. The predicted molar refractivity (Wildman–Crippen MR) is 104 cm³/mol. The third-order valence-corrected chi connectivity index (χ3v) is 5.22. The Labute approximate surface area is 159 Å². The Hall–Kier alpha value is -2.27. The predicted octanol–water partition coefficient (Wildman–Crippen LogP) is 4.50. The molecule has 0 spiro atoms. The molecular formula is C22H26F2N2O. The maximum atomic E-state index is 13.9. The fraction of sp³-hybridized carbons (Fsp3) is 0.409. The van der Waals surface area contributed by atoms with Crippen LogP contribution in [0.4, 0.5) is 14.5 Å². The minimum absolute atomic E-state index is 0.00715. The molecule has 1 aliphatic rings. The molecule has 144 valence electrons. The Morgan fingerprint density at radius 1 is 1.04 bits per heavy atom. The summed E-state index contributed by atoms with van der Waals surface area (Å²) in [5.74, 6) is -1.17. The maximum Gasteiger partial charge on any atom is 0.244 e. The molecule has 2 aromatic carbocycles. The molecular weight excluding hydrogens is 346 g/mol. The van der Waals surface area contributed by atoms with Crippen LogP contribution in [0.15, 0.2) is 42.5 Å². The van der Waals surface area contributed by atoms with Crippen LogP contribution in [0.5, 0.6) is 0 Å². The lowest BCUT2D eigenvalue weighted by Crippen LogP contribution is -2.55. The number of carbonyl (C=O) groups excluding carboxylic acids is 1. The summed E-state index contributed by atoms with van der Waals surface area (Å²) < 4.78 is 27.0. The first-order chi connectivity index (χ1) is 12.7. The van der Waals surface area contributed by atoms with Crippen LogP contribution >= 0.6 is 0 Å². The van der Waals surface area contributed by atoms with Crippen molar-refractivity contribution in [3.8, 4) is 0 Å². The van der Waals surface area contributed by atoms with E-state index in [0.29, 0.717) is 18.7 Å². The molecule has 1 aliphatic heterocycles. The van der Waals surface area contributed by atoms with Crippen molar-refractivity contribution >= 4 is 11.6 Å². The molecule has 2 aromatic rings. The van der Waals surface area contributed by atoms with Gasteiger partial charge in [0.1, 0.15) is 11.6 Å². The molecule has 0 aromatic heterocycles. The summed E-state index contributed by atoms with van der Waals surface area (Å²) in [5.41, 5.74) is 2.57. The van der Waals surface area contributed by atoms with Crippen molar-refractivity contribution in [3.05, 3.63) is 65.2 Å². The van der Waals surface area contributed by atoms with Crippen molar-refractivity contribution in [2.75, 3.05) is 18.0 Å². The van der Waals surface area contributed by atoms with E-state index in [4.69, 9.17) is 0 Å². The Morgan fingerprint density at radius 2 is 1.70 bits per heavy atom. The van der Waals surface area contributed by atoms with E-state index in [2.05, 4.69) is 32.9 Å². The van der Waals surface area contributed by atoms with Gasteiger partial charge in [0.05, 0.1) is 6.04 Å². The van der Waals surface area contributed by atoms with Gasteiger partial charge in [-0.1, -0.05) is 39.0 Å². The van der Waals surface area contributed by atoms with Crippen LogP contribution in [-0.2, 0) is 16.8 Å². The fourth-order valence-electron chi connectivity index (χ4n) is 3.40. The van der Waals surface area contributed by atoms with E-state index in [0.717, 1.165) is 11.8 Å². The molecule has 0 unspecified atom stereocenters. The van der Waals surface area contributed by atoms with Crippen LogP contribution in [0.25, 0.3) is 0 Å². The van der Waals surface area contributed by atoms with Gasteiger partial charge < -0.3 is 4.90 Å². The van der Waals surface area contributed by atoms with Gasteiger partial charge in [0, 0.05) is 37.0 Å². The van der Waals surface area contributed by atoms with Gasteiger partial charge in [0.2, 0.25) is 5.91 Å². The molecule has 1 saturated heterocycles. The average molecular weight is 372 g/mol. The van der Waals surface area contributed by atoms with E-state index in [1.807, 2.05) is 24.0 Å². The fourth-order valence-corrected chi connectivity index (χ4v) is 3.40. The van der Waals surface area contributed by atoms with Crippen LogP contribution in [0.2, 0.25) is 0 Å². The van der Waals surface area contributed by atoms with E-state index < -0.39 is 11.6 Å². The molecule has 0 aliphatic carbocycles. The second-order valence-corrected chi connectivity index (χ2v) is 8.17. The van der Waals surface area contributed by atoms with E-state index >= 15 is 0 Å². The van der Waals surface area contributed by atoms with Gasteiger partial charge >= 0.3 is 0 Å². The second-order valence-electron chi connectivity index (χ2n) is 8.17. The van der Waals surface area contributed by atoms with Gasteiger partial charge in [-0.25, -0.2) is 8.78 Å². The van der Waals surface area contributed by atoms with Gasteiger partial charge in [-0.2, -0.15) is 0 Å². The molecule has 0 saturated carbocycles. The number of anilines is 1. The minimum atomic E-state index is -0.594. The molecule has 0 bridgehead atoms. The first kappa shape index (κ1) is 19.5. The Balaban J connectivity index is 1.72. The van der Waals surface area contributed by atoms with Crippen LogP contribution in [0.3, 0.4) is 0 Å². The molecule has 27 heavy (non-hydrogen) atoms. The summed E-state index contributed by atoms with van der Waals surface area (Å²) in [7, 11) is 0. The number of amides is 1.